The van der Waals surface area contributed by atoms with Crippen LogP contribution < -0.4 is 5.90 Å². The summed E-state index contributed by atoms with van der Waals surface area (Å²) in [4.78, 5) is 14.9. The largest absolute Gasteiger partial charge is 0.504 e. The third-order valence-electron chi connectivity index (χ3n) is 1.67. The van der Waals surface area contributed by atoms with E-state index in [0.29, 0.717) is 0 Å². The topological polar surface area (TPSA) is 113 Å². The summed E-state index contributed by atoms with van der Waals surface area (Å²) in [5.41, 5.74) is 0.0288. The molecule has 0 atom stereocenters. The highest BCUT2D eigenvalue weighted by Gasteiger charge is 2.14. The molecule has 0 bridgehead atoms. The molecule has 0 amide bonds. The van der Waals surface area contributed by atoms with Crippen LogP contribution in [-0.2, 0) is 11.4 Å². The van der Waals surface area contributed by atoms with Crippen LogP contribution >= 0.6 is 0 Å². The van der Waals surface area contributed by atoms with Crippen molar-refractivity contribution in [3.8, 4) is 11.5 Å². The number of aromatic carboxylic acids is 1. The molecule has 0 aliphatic heterocycles. The Morgan fingerprint density at radius 2 is 1.93 bits per heavy atom. The average molecular weight is 199 g/mol. The lowest BCUT2D eigenvalue weighted by Crippen LogP contribution is -2.06. The first kappa shape index (κ1) is 10.3. The third-order valence-corrected chi connectivity index (χ3v) is 1.67. The van der Waals surface area contributed by atoms with Crippen molar-refractivity contribution in [3.05, 3.63) is 23.3 Å². The number of hydrogen-bond acceptors (Lipinski definition) is 5. The van der Waals surface area contributed by atoms with Crippen molar-refractivity contribution in [1.82, 2.24) is 0 Å². The fraction of sp³-hybridized carbons (Fsp3) is 0.125. The Morgan fingerprint density at radius 1 is 1.36 bits per heavy atom. The van der Waals surface area contributed by atoms with Gasteiger partial charge in [-0.05, 0) is 17.7 Å². The molecular weight excluding hydrogens is 190 g/mol. The van der Waals surface area contributed by atoms with Gasteiger partial charge in [-0.3, -0.25) is 4.84 Å². The predicted octanol–water partition coefficient (Wildman–Crippen LogP) is 0.186. The molecule has 0 aromatic heterocycles. The van der Waals surface area contributed by atoms with E-state index in [-0.39, 0.29) is 17.7 Å². The minimum absolute atomic E-state index is 0.157. The molecule has 76 valence electrons. The number of rotatable bonds is 3. The van der Waals surface area contributed by atoms with Gasteiger partial charge in [-0.1, -0.05) is 0 Å². The van der Waals surface area contributed by atoms with Crippen molar-refractivity contribution >= 4 is 5.97 Å². The van der Waals surface area contributed by atoms with Crippen LogP contribution in [0.25, 0.3) is 0 Å². The number of benzene rings is 1. The van der Waals surface area contributed by atoms with Crippen molar-refractivity contribution < 1.29 is 25.0 Å². The van der Waals surface area contributed by atoms with Crippen LogP contribution in [0.2, 0.25) is 0 Å². The summed E-state index contributed by atoms with van der Waals surface area (Å²) in [6.45, 7) is -0.157. The molecule has 0 spiro atoms. The van der Waals surface area contributed by atoms with Crippen molar-refractivity contribution in [1.29, 1.82) is 0 Å². The molecule has 6 nitrogen and oxygen atoms in total. The number of phenols is 2. The van der Waals surface area contributed by atoms with Gasteiger partial charge in [0.25, 0.3) is 0 Å². The lowest BCUT2D eigenvalue weighted by Gasteiger charge is -2.06. The smallest absolute Gasteiger partial charge is 0.336 e. The highest BCUT2D eigenvalue weighted by atomic mass is 16.6. The van der Waals surface area contributed by atoms with Gasteiger partial charge >= 0.3 is 5.97 Å². The minimum Gasteiger partial charge on any atom is -0.504 e. The maximum absolute atomic E-state index is 10.7. The number of aromatic hydroxyl groups is 2. The maximum atomic E-state index is 10.7. The zero-order valence-corrected chi connectivity index (χ0v) is 7.10. The monoisotopic (exact) mass is 199 g/mol. The molecule has 0 aliphatic carbocycles. The van der Waals surface area contributed by atoms with Crippen LogP contribution in [0.1, 0.15) is 15.9 Å². The Balaban J connectivity index is 3.24. The SMILES string of the molecule is NOCc1cc(O)c(O)cc1C(=O)O. The van der Waals surface area contributed by atoms with Gasteiger partial charge in [-0.2, -0.15) is 0 Å². The first-order chi connectivity index (χ1) is 6.56. The van der Waals surface area contributed by atoms with E-state index in [0.717, 1.165) is 12.1 Å². The van der Waals surface area contributed by atoms with Crippen LogP contribution in [0.5, 0.6) is 11.5 Å². The number of carboxylic acid groups (broad SMARTS) is 1. The first-order valence-electron chi connectivity index (χ1n) is 3.66. The van der Waals surface area contributed by atoms with Crippen molar-refractivity contribution in [2.75, 3.05) is 0 Å². The van der Waals surface area contributed by atoms with E-state index < -0.39 is 17.5 Å². The van der Waals surface area contributed by atoms with Crippen molar-refractivity contribution in [2.24, 2.45) is 5.90 Å². The summed E-state index contributed by atoms with van der Waals surface area (Å²) in [6, 6.07) is 2.03. The second-order valence-electron chi connectivity index (χ2n) is 2.61. The van der Waals surface area contributed by atoms with E-state index in [1.54, 1.807) is 0 Å². The summed E-state index contributed by atoms with van der Waals surface area (Å²) in [5.74, 6) is 2.64. The van der Waals surface area contributed by atoms with Crippen LogP contribution in [0.3, 0.4) is 0 Å². The quantitative estimate of drug-likeness (QED) is 0.408. The molecule has 0 radical (unpaired) electrons. The summed E-state index contributed by atoms with van der Waals surface area (Å²) in [7, 11) is 0. The van der Waals surface area contributed by atoms with Gasteiger partial charge < -0.3 is 15.3 Å². The first-order valence-corrected chi connectivity index (χ1v) is 3.66. The molecule has 0 aliphatic rings. The molecular formula is C8H9NO5. The zero-order valence-electron chi connectivity index (χ0n) is 7.10. The minimum atomic E-state index is -1.23. The van der Waals surface area contributed by atoms with E-state index >= 15 is 0 Å². The number of carboxylic acids is 1. The molecule has 1 aromatic rings. The van der Waals surface area contributed by atoms with E-state index in [4.69, 9.17) is 21.2 Å². The summed E-state index contributed by atoms with van der Waals surface area (Å²) in [5, 5.41) is 26.9. The molecule has 1 aromatic carbocycles. The van der Waals surface area contributed by atoms with Gasteiger partial charge in [0.05, 0.1) is 12.2 Å². The summed E-state index contributed by atoms with van der Waals surface area (Å²) < 4.78 is 0. The van der Waals surface area contributed by atoms with Gasteiger partial charge in [0.15, 0.2) is 11.5 Å². The predicted molar refractivity (Wildman–Crippen MR) is 45.7 cm³/mol. The van der Waals surface area contributed by atoms with Crippen LogP contribution in [0.4, 0.5) is 0 Å². The number of carbonyl (C=O) groups is 1. The van der Waals surface area contributed by atoms with Gasteiger partial charge in [0.2, 0.25) is 0 Å². The van der Waals surface area contributed by atoms with E-state index in [9.17, 15) is 4.79 Å². The number of nitrogens with two attached hydrogens (primary N) is 1. The lowest BCUT2D eigenvalue weighted by atomic mass is 10.1. The van der Waals surface area contributed by atoms with Gasteiger partial charge in [0, 0.05) is 0 Å². The molecule has 6 heteroatoms. The van der Waals surface area contributed by atoms with Crippen molar-refractivity contribution in [3.63, 3.8) is 0 Å². The molecule has 0 saturated carbocycles. The maximum Gasteiger partial charge on any atom is 0.336 e. The van der Waals surface area contributed by atoms with Crippen molar-refractivity contribution in [2.45, 2.75) is 6.61 Å². The summed E-state index contributed by atoms with van der Waals surface area (Å²) in [6.07, 6.45) is 0. The van der Waals surface area contributed by atoms with Gasteiger partial charge in [-0.25, -0.2) is 10.7 Å². The summed E-state index contributed by atoms with van der Waals surface area (Å²) >= 11 is 0. The van der Waals surface area contributed by atoms with Crippen LogP contribution in [0, 0.1) is 0 Å². The molecule has 0 unspecified atom stereocenters. The van der Waals surface area contributed by atoms with Crippen LogP contribution in [-0.4, -0.2) is 21.3 Å². The lowest BCUT2D eigenvalue weighted by molar-refractivity contribution is 0.0687. The Morgan fingerprint density at radius 3 is 2.43 bits per heavy atom. The Kier molecular flexibility index (Phi) is 2.90. The number of phenolic OH excluding ortho intramolecular Hbond substituents is 2. The molecule has 14 heavy (non-hydrogen) atoms. The molecule has 1 rings (SSSR count). The molecule has 5 N–H and O–H groups in total. The Labute approximate surface area is 79.1 Å². The highest BCUT2D eigenvalue weighted by Crippen LogP contribution is 2.28. The third kappa shape index (κ3) is 1.93. The van der Waals surface area contributed by atoms with Gasteiger partial charge in [-0.15, -0.1) is 0 Å². The van der Waals surface area contributed by atoms with E-state index in [1.807, 2.05) is 0 Å². The molecule has 0 heterocycles. The van der Waals surface area contributed by atoms with E-state index in [1.165, 1.54) is 0 Å². The standard InChI is InChI=1S/C8H9NO5/c9-14-3-4-1-6(10)7(11)2-5(4)8(12)13/h1-2,10-11H,3,9H2,(H,12,13). The fourth-order valence-corrected chi connectivity index (χ4v) is 1.03. The second-order valence-corrected chi connectivity index (χ2v) is 2.61. The van der Waals surface area contributed by atoms with E-state index in [2.05, 4.69) is 4.84 Å². The fourth-order valence-electron chi connectivity index (χ4n) is 1.03. The normalized spacial score (nSPS) is 10.1. The number of hydrogen-bond donors (Lipinski definition) is 4. The Bertz CT molecular complexity index is 363. The zero-order chi connectivity index (χ0) is 10.7. The molecule has 0 fully saturated rings. The van der Waals surface area contributed by atoms with Gasteiger partial charge in [0.1, 0.15) is 0 Å². The van der Waals surface area contributed by atoms with Crippen LogP contribution in [0.15, 0.2) is 12.1 Å². The second kappa shape index (κ2) is 3.95. The Hall–Kier alpha value is -1.79. The molecule has 0 saturated heterocycles. The highest BCUT2D eigenvalue weighted by molar-refractivity contribution is 5.90. The average Bonchev–Trinajstić information content (AvgIpc) is 2.11.